The molecule has 1 heterocycles. The number of aromatic nitrogens is 2. The minimum atomic E-state index is 0.695. The Bertz CT molecular complexity index is 506. The second-order valence-corrected chi connectivity index (χ2v) is 4.99. The van der Waals surface area contributed by atoms with E-state index < -0.39 is 0 Å². The van der Waals surface area contributed by atoms with Crippen molar-refractivity contribution in [2.75, 3.05) is 5.43 Å². The molecule has 0 aliphatic heterocycles. The molecule has 1 aromatic carbocycles. The van der Waals surface area contributed by atoms with Crippen molar-refractivity contribution in [2.24, 2.45) is 11.0 Å². The van der Waals surface area contributed by atoms with Gasteiger partial charge in [0.1, 0.15) is 0 Å². The summed E-state index contributed by atoms with van der Waals surface area (Å²) in [5.41, 5.74) is 6.06. The van der Waals surface area contributed by atoms with Crippen LogP contribution in [-0.2, 0) is 0 Å². The number of H-pyrrole nitrogens is 1. The van der Waals surface area contributed by atoms with Crippen molar-refractivity contribution in [3.05, 3.63) is 24.3 Å². The summed E-state index contributed by atoms with van der Waals surface area (Å²) in [4.78, 5) is 7.59. The van der Waals surface area contributed by atoms with Crippen LogP contribution < -0.4 is 5.43 Å². The molecule has 0 saturated carbocycles. The Morgan fingerprint density at radius 1 is 1.39 bits per heavy atom. The van der Waals surface area contributed by atoms with E-state index in [4.69, 9.17) is 0 Å². The van der Waals surface area contributed by atoms with Crippen LogP contribution in [0.25, 0.3) is 11.0 Å². The van der Waals surface area contributed by atoms with Gasteiger partial charge in [-0.2, -0.15) is 5.10 Å². The maximum atomic E-state index is 4.41. The van der Waals surface area contributed by atoms with Crippen LogP contribution in [0.2, 0.25) is 0 Å². The van der Waals surface area contributed by atoms with Gasteiger partial charge in [0.05, 0.1) is 11.0 Å². The lowest BCUT2D eigenvalue weighted by atomic mass is 10.1. The average molecular weight is 244 g/mol. The van der Waals surface area contributed by atoms with E-state index in [9.17, 15) is 0 Å². The molecule has 96 valence electrons. The molecule has 0 spiro atoms. The number of nitrogens with one attached hydrogen (secondary N) is 2. The fourth-order valence-electron chi connectivity index (χ4n) is 1.71. The van der Waals surface area contributed by atoms with Crippen molar-refractivity contribution >= 4 is 22.7 Å². The first-order valence-electron chi connectivity index (χ1n) is 6.39. The third-order valence-corrected chi connectivity index (χ3v) is 2.83. The first kappa shape index (κ1) is 12.6. The lowest BCUT2D eigenvalue weighted by molar-refractivity contribution is 0.602. The number of anilines is 1. The van der Waals surface area contributed by atoms with Crippen LogP contribution in [0, 0.1) is 5.92 Å². The van der Waals surface area contributed by atoms with Gasteiger partial charge in [-0.3, -0.25) is 0 Å². The zero-order valence-electron chi connectivity index (χ0n) is 11.2. The van der Waals surface area contributed by atoms with Gasteiger partial charge in [-0.25, -0.2) is 10.4 Å². The highest BCUT2D eigenvalue weighted by Crippen LogP contribution is 2.13. The molecular weight excluding hydrogens is 224 g/mol. The number of benzene rings is 1. The molecule has 0 fully saturated rings. The number of rotatable bonds is 5. The number of hydrogen-bond acceptors (Lipinski definition) is 3. The average Bonchev–Trinajstić information content (AvgIpc) is 2.76. The SMILES string of the molecule is C/C(CCC(C)C)=N/Nc1nc2ccccc2[nH]1. The Kier molecular flexibility index (Phi) is 3.97. The minimum absolute atomic E-state index is 0.695. The number of imidazole rings is 1. The molecule has 0 unspecified atom stereocenters. The molecule has 18 heavy (non-hydrogen) atoms. The molecule has 2 aromatic rings. The maximum absolute atomic E-state index is 4.41. The van der Waals surface area contributed by atoms with E-state index in [2.05, 4.69) is 34.3 Å². The number of aromatic amines is 1. The normalized spacial score (nSPS) is 12.3. The van der Waals surface area contributed by atoms with Gasteiger partial charge in [0.25, 0.3) is 0 Å². The van der Waals surface area contributed by atoms with Crippen molar-refractivity contribution in [2.45, 2.75) is 33.6 Å². The first-order chi connectivity index (χ1) is 8.65. The van der Waals surface area contributed by atoms with Crippen molar-refractivity contribution in [1.29, 1.82) is 0 Å². The van der Waals surface area contributed by atoms with Crippen LogP contribution in [0.15, 0.2) is 29.4 Å². The molecule has 2 rings (SSSR count). The Labute approximate surface area is 108 Å². The summed E-state index contributed by atoms with van der Waals surface area (Å²) in [7, 11) is 0. The van der Waals surface area contributed by atoms with Crippen LogP contribution in [-0.4, -0.2) is 15.7 Å². The van der Waals surface area contributed by atoms with Crippen LogP contribution in [0.5, 0.6) is 0 Å². The van der Waals surface area contributed by atoms with Gasteiger partial charge >= 0.3 is 0 Å². The predicted molar refractivity (Wildman–Crippen MR) is 76.9 cm³/mol. The predicted octanol–water partition coefficient (Wildman–Crippen LogP) is 3.79. The molecule has 2 N–H and O–H groups in total. The van der Waals surface area contributed by atoms with Crippen molar-refractivity contribution in [3.8, 4) is 0 Å². The fourth-order valence-corrected chi connectivity index (χ4v) is 1.71. The summed E-state index contributed by atoms with van der Waals surface area (Å²) >= 11 is 0. The van der Waals surface area contributed by atoms with Crippen molar-refractivity contribution < 1.29 is 0 Å². The monoisotopic (exact) mass is 244 g/mol. The summed E-state index contributed by atoms with van der Waals surface area (Å²) in [5.74, 6) is 1.40. The molecule has 0 atom stereocenters. The van der Waals surface area contributed by atoms with E-state index in [1.807, 2.05) is 31.2 Å². The van der Waals surface area contributed by atoms with E-state index >= 15 is 0 Å². The number of fused-ring (bicyclic) bond motifs is 1. The maximum Gasteiger partial charge on any atom is 0.222 e. The molecule has 0 aliphatic rings. The Morgan fingerprint density at radius 2 is 2.17 bits per heavy atom. The first-order valence-corrected chi connectivity index (χ1v) is 6.39. The van der Waals surface area contributed by atoms with Crippen LogP contribution in [0.3, 0.4) is 0 Å². The molecule has 0 aliphatic carbocycles. The van der Waals surface area contributed by atoms with Crippen molar-refractivity contribution in [3.63, 3.8) is 0 Å². The Balaban J connectivity index is 1.98. The minimum Gasteiger partial charge on any atom is -0.323 e. The highest BCUT2D eigenvalue weighted by Gasteiger charge is 2.01. The van der Waals surface area contributed by atoms with E-state index in [0.29, 0.717) is 11.9 Å². The van der Waals surface area contributed by atoms with Crippen LogP contribution in [0.4, 0.5) is 5.95 Å². The van der Waals surface area contributed by atoms with Gasteiger partial charge in [-0.15, -0.1) is 0 Å². The standard InChI is InChI=1S/C14H20N4/c1-10(2)8-9-11(3)17-18-14-15-12-6-4-5-7-13(12)16-14/h4-7,10H,8-9H2,1-3H3,(H2,15,16,18)/b17-11-. The molecule has 4 nitrogen and oxygen atoms in total. The van der Waals surface area contributed by atoms with E-state index in [1.54, 1.807) is 0 Å². The topological polar surface area (TPSA) is 53.1 Å². The number of nitrogens with zero attached hydrogens (tertiary/aromatic N) is 2. The largest absolute Gasteiger partial charge is 0.323 e. The van der Waals surface area contributed by atoms with Gasteiger partial charge in [-0.05, 0) is 37.8 Å². The zero-order valence-corrected chi connectivity index (χ0v) is 11.2. The van der Waals surface area contributed by atoms with E-state index in [1.165, 1.54) is 0 Å². The highest BCUT2D eigenvalue weighted by molar-refractivity contribution is 5.83. The second kappa shape index (κ2) is 5.67. The third kappa shape index (κ3) is 3.32. The third-order valence-electron chi connectivity index (χ3n) is 2.83. The molecule has 0 saturated heterocycles. The molecule has 4 heteroatoms. The van der Waals surface area contributed by atoms with Gasteiger partial charge in [0.2, 0.25) is 5.95 Å². The Hall–Kier alpha value is -1.84. The number of hydrogen-bond donors (Lipinski definition) is 2. The number of hydrazone groups is 1. The van der Waals surface area contributed by atoms with Gasteiger partial charge in [0, 0.05) is 5.71 Å². The lowest BCUT2D eigenvalue weighted by Crippen LogP contribution is -2.00. The van der Waals surface area contributed by atoms with E-state index in [0.717, 1.165) is 29.6 Å². The zero-order chi connectivity index (χ0) is 13.0. The molecule has 1 aromatic heterocycles. The summed E-state index contributed by atoms with van der Waals surface area (Å²) in [6.07, 6.45) is 2.18. The van der Waals surface area contributed by atoms with Gasteiger partial charge in [-0.1, -0.05) is 26.0 Å². The number of para-hydroxylation sites is 2. The molecule has 0 radical (unpaired) electrons. The molecule has 0 amide bonds. The van der Waals surface area contributed by atoms with E-state index in [-0.39, 0.29) is 0 Å². The second-order valence-electron chi connectivity index (χ2n) is 4.99. The molecular formula is C14H20N4. The highest BCUT2D eigenvalue weighted by atomic mass is 15.4. The summed E-state index contributed by atoms with van der Waals surface area (Å²) in [6.45, 7) is 6.48. The fraction of sp³-hybridized carbons (Fsp3) is 0.429. The van der Waals surface area contributed by atoms with Gasteiger partial charge < -0.3 is 4.98 Å². The van der Waals surface area contributed by atoms with Gasteiger partial charge in [0.15, 0.2) is 0 Å². The Morgan fingerprint density at radius 3 is 2.89 bits per heavy atom. The van der Waals surface area contributed by atoms with Crippen LogP contribution >= 0.6 is 0 Å². The van der Waals surface area contributed by atoms with Crippen molar-refractivity contribution in [1.82, 2.24) is 9.97 Å². The lowest BCUT2D eigenvalue weighted by Gasteiger charge is -2.03. The summed E-state index contributed by atoms with van der Waals surface area (Å²) in [5, 5.41) is 4.33. The molecule has 0 bridgehead atoms. The summed E-state index contributed by atoms with van der Waals surface area (Å²) < 4.78 is 0. The summed E-state index contributed by atoms with van der Waals surface area (Å²) in [6, 6.07) is 7.95. The quantitative estimate of drug-likeness (QED) is 0.621. The smallest absolute Gasteiger partial charge is 0.222 e. The van der Waals surface area contributed by atoms with Crippen LogP contribution in [0.1, 0.15) is 33.6 Å².